The Bertz CT molecular complexity index is 1500. The minimum absolute atomic E-state index is 0.174. The van der Waals surface area contributed by atoms with Crippen LogP contribution >= 0.6 is 11.6 Å². The van der Waals surface area contributed by atoms with Crippen LogP contribution in [0.3, 0.4) is 0 Å². The van der Waals surface area contributed by atoms with E-state index in [-0.39, 0.29) is 30.8 Å². The predicted octanol–water partition coefficient (Wildman–Crippen LogP) is 5.23. The van der Waals surface area contributed by atoms with Gasteiger partial charge in [-0.15, -0.1) is 0 Å². The molecule has 4 aromatic carbocycles. The van der Waals surface area contributed by atoms with Gasteiger partial charge < -0.3 is 10.2 Å². The molecule has 7 heteroatoms. The highest BCUT2D eigenvalue weighted by molar-refractivity contribution is 6.30. The molecular formula is C31H28ClN3O3. The number of hydrogen-bond acceptors (Lipinski definition) is 3. The van der Waals surface area contributed by atoms with Gasteiger partial charge in [-0.2, -0.15) is 0 Å². The molecule has 3 amide bonds. The largest absolute Gasteiger partial charge is 0.355 e. The molecule has 0 unspecified atom stereocenters. The van der Waals surface area contributed by atoms with Crippen molar-refractivity contribution >= 4 is 45.8 Å². The minimum Gasteiger partial charge on any atom is -0.355 e. The molecule has 1 atom stereocenters. The van der Waals surface area contributed by atoms with Crippen molar-refractivity contribution in [2.45, 2.75) is 25.9 Å². The molecule has 0 saturated heterocycles. The number of benzene rings is 4. The second kappa shape index (κ2) is 11.1. The maximum Gasteiger partial charge on any atom is 0.259 e. The van der Waals surface area contributed by atoms with Gasteiger partial charge in [0.15, 0.2) is 0 Å². The molecule has 6 nitrogen and oxygen atoms in total. The van der Waals surface area contributed by atoms with Crippen molar-refractivity contribution < 1.29 is 14.4 Å². The molecule has 38 heavy (non-hydrogen) atoms. The van der Waals surface area contributed by atoms with Crippen LogP contribution in [0, 0.1) is 0 Å². The van der Waals surface area contributed by atoms with E-state index in [1.807, 2.05) is 79.7 Å². The van der Waals surface area contributed by atoms with Crippen LogP contribution < -0.4 is 10.2 Å². The van der Waals surface area contributed by atoms with Crippen molar-refractivity contribution in [3.63, 3.8) is 0 Å². The molecule has 0 aromatic heterocycles. The monoisotopic (exact) mass is 525 g/mol. The third kappa shape index (κ3) is 5.13. The van der Waals surface area contributed by atoms with Gasteiger partial charge in [0.25, 0.3) is 5.91 Å². The summed E-state index contributed by atoms with van der Waals surface area (Å²) in [6.45, 7) is 2.28. The zero-order valence-electron chi connectivity index (χ0n) is 21.1. The highest BCUT2D eigenvalue weighted by Crippen LogP contribution is 2.37. The van der Waals surface area contributed by atoms with Crippen LogP contribution in [0.1, 0.15) is 28.4 Å². The summed E-state index contributed by atoms with van der Waals surface area (Å²) in [6.07, 6.45) is 0.336. The molecule has 5 rings (SSSR count). The first-order valence-electron chi connectivity index (χ1n) is 12.7. The van der Waals surface area contributed by atoms with Crippen molar-refractivity contribution in [3.8, 4) is 0 Å². The van der Waals surface area contributed by atoms with Crippen molar-refractivity contribution in [3.05, 3.63) is 113 Å². The summed E-state index contributed by atoms with van der Waals surface area (Å²) >= 11 is 6.25. The molecule has 0 saturated carbocycles. The second-order valence-electron chi connectivity index (χ2n) is 9.32. The number of likely N-dealkylation sites (N-methyl/N-ethyl adjacent to an activating group) is 1. The Morgan fingerprint density at radius 1 is 0.921 bits per heavy atom. The lowest BCUT2D eigenvalue weighted by Gasteiger charge is -2.33. The fourth-order valence-electron chi connectivity index (χ4n) is 5.04. The van der Waals surface area contributed by atoms with Gasteiger partial charge >= 0.3 is 0 Å². The number of rotatable bonds is 9. The standard InChI is InChI=1S/C31H28ClN3O3/c1-2-33-30(37)27(18-21-9-4-3-5-10-21)34(19-22-11-6-14-24(32)17-22)28(36)20-35-26-16-8-13-23-12-7-15-25(29(23)26)31(35)38/h3-17,27H,2,18-20H2,1H3,(H,33,37)/t27-/m1/s1. The van der Waals surface area contributed by atoms with E-state index in [0.717, 1.165) is 21.9 Å². The molecule has 4 aromatic rings. The highest BCUT2D eigenvalue weighted by atomic mass is 35.5. The lowest BCUT2D eigenvalue weighted by Crippen LogP contribution is -2.53. The van der Waals surface area contributed by atoms with Gasteiger partial charge in [-0.3, -0.25) is 19.3 Å². The second-order valence-corrected chi connectivity index (χ2v) is 9.76. The van der Waals surface area contributed by atoms with E-state index in [1.165, 1.54) is 4.90 Å². The van der Waals surface area contributed by atoms with E-state index < -0.39 is 6.04 Å². The third-order valence-corrected chi connectivity index (χ3v) is 7.04. The van der Waals surface area contributed by atoms with Crippen molar-refractivity contribution in [1.82, 2.24) is 10.2 Å². The lowest BCUT2D eigenvalue weighted by atomic mass is 10.0. The predicted molar refractivity (Wildman–Crippen MR) is 150 cm³/mol. The van der Waals surface area contributed by atoms with Gasteiger partial charge in [0.1, 0.15) is 12.6 Å². The SMILES string of the molecule is CCNC(=O)[C@@H](Cc1ccccc1)N(Cc1cccc(Cl)c1)C(=O)CN1C(=O)c2cccc3cccc1c23. The molecule has 1 aliphatic rings. The topological polar surface area (TPSA) is 69.7 Å². The normalized spacial score (nSPS) is 13.0. The molecule has 0 aliphatic carbocycles. The zero-order valence-corrected chi connectivity index (χ0v) is 21.8. The van der Waals surface area contributed by atoms with Crippen molar-refractivity contribution in [2.75, 3.05) is 18.0 Å². The number of nitrogens with zero attached hydrogens (tertiary/aromatic N) is 2. The van der Waals surface area contributed by atoms with Gasteiger partial charge in [-0.05, 0) is 47.7 Å². The summed E-state index contributed by atoms with van der Waals surface area (Å²) in [5, 5.41) is 5.23. The zero-order chi connectivity index (χ0) is 26.6. The van der Waals surface area contributed by atoms with Crippen molar-refractivity contribution in [2.24, 2.45) is 0 Å². The van der Waals surface area contributed by atoms with Gasteiger partial charge in [0.05, 0.1) is 5.69 Å². The quantitative estimate of drug-likeness (QED) is 0.325. The fourth-order valence-corrected chi connectivity index (χ4v) is 5.25. The maximum atomic E-state index is 14.1. The van der Waals surface area contributed by atoms with Gasteiger partial charge in [-0.25, -0.2) is 0 Å². The smallest absolute Gasteiger partial charge is 0.259 e. The van der Waals surface area contributed by atoms with Gasteiger partial charge in [0, 0.05) is 35.5 Å². The van der Waals surface area contributed by atoms with Gasteiger partial charge in [-0.1, -0.05) is 78.3 Å². The lowest BCUT2D eigenvalue weighted by molar-refractivity contribution is -0.140. The first kappa shape index (κ1) is 25.5. The Morgan fingerprint density at radius 2 is 1.63 bits per heavy atom. The summed E-state index contributed by atoms with van der Waals surface area (Å²) < 4.78 is 0. The van der Waals surface area contributed by atoms with E-state index in [4.69, 9.17) is 11.6 Å². The average Bonchev–Trinajstić information content (AvgIpc) is 3.19. The molecule has 0 bridgehead atoms. The van der Waals surface area contributed by atoms with E-state index in [2.05, 4.69) is 5.32 Å². The van der Waals surface area contributed by atoms with Crippen LogP contribution in [0.2, 0.25) is 5.02 Å². The first-order valence-corrected chi connectivity index (χ1v) is 13.0. The number of carbonyl (C=O) groups excluding carboxylic acids is 3. The van der Waals surface area contributed by atoms with Crippen LogP contribution in [0.4, 0.5) is 5.69 Å². The minimum atomic E-state index is -0.778. The Labute approximate surface area is 226 Å². The molecule has 1 N–H and O–H groups in total. The van der Waals surface area contributed by atoms with Crippen LogP contribution in [-0.4, -0.2) is 41.8 Å². The van der Waals surface area contributed by atoms with Crippen LogP contribution in [0.5, 0.6) is 0 Å². The van der Waals surface area contributed by atoms with E-state index in [9.17, 15) is 14.4 Å². The van der Waals surface area contributed by atoms with E-state index >= 15 is 0 Å². The average molecular weight is 526 g/mol. The first-order chi connectivity index (χ1) is 18.5. The summed E-state index contributed by atoms with van der Waals surface area (Å²) in [5.41, 5.74) is 3.02. The number of amides is 3. The molecule has 0 fully saturated rings. The Morgan fingerprint density at radius 3 is 2.37 bits per heavy atom. The molecule has 1 heterocycles. The Kier molecular flexibility index (Phi) is 7.43. The molecule has 0 radical (unpaired) electrons. The molecule has 0 spiro atoms. The summed E-state index contributed by atoms with van der Waals surface area (Å²) in [5.74, 6) is -0.786. The number of hydrogen-bond donors (Lipinski definition) is 1. The van der Waals surface area contributed by atoms with Crippen LogP contribution in [-0.2, 0) is 22.6 Å². The number of halogens is 1. The Hall–Kier alpha value is -4.16. The maximum absolute atomic E-state index is 14.1. The Balaban J connectivity index is 1.51. The molecule has 192 valence electrons. The summed E-state index contributed by atoms with van der Waals surface area (Å²) in [6, 6.07) is 27.4. The molecular weight excluding hydrogens is 498 g/mol. The van der Waals surface area contributed by atoms with Gasteiger partial charge in [0.2, 0.25) is 11.8 Å². The van der Waals surface area contributed by atoms with E-state index in [0.29, 0.717) is 29.2 Å². The summed E-state index contributed by atoms with van der Waals surface area (Å²) in [7, 11) is 0. The molecule has 1 aliphatic heterocycles. The van der Waals surface area contributed by atoms with Crippen LogP contribution in [0.25, 0.3) is 10.8 Å². The fraction of sp³-hybridized carbons (Fsp3) is 0.194. The van der Waals surface area contributed by atoms with Crippen molar-refractivity contribution in [1.29, 1.82) is 0 Å². The van der Waals surface area contributed by atoms with E-state index in [1.54, 1.807) is 23.1 Å². The number of anilines is 1. The highest BCUT2D eigenvalue weighted by Gasteiger charge is 2.35. The number of nitrogens with one attached hydrogen (secondary N) is 1. The van der Waals surface area contributed by atoms with Crippen LogP contribution in [0.15, 0.2) is 91.0 Å². The third-order valence-electron chi connectivity index (χ3n) is 6.81. The number of carbonyl (C=O) groups is 3. The summed E-state index contributed by atoms with van der Waals surface area (Å²) in [4.78, 5) is 43.9.